The highest BCUT2D eigenvalue weighted by molar-refractivity contribution is 7.91. The number of hydrogen-bond donors (Lipinski definition) is 1. The third kappa shape index (κ3) is 4.77. The van der Waals surface area contributed by atoms with E-state index in [2.05, 4.69) is 13.8 Å². The summed E-state index contributed by atoms with van der Waals surface area (Å²) in [5.74, 6) is 0.759. The van der Waals surface area contributed by atoms with Gasteiger partial charge in [-0.2, -0.15) is 0 Å². The molecule has 0 aliphatic rings. The molecule has 0 radical (unpaired) electrons. The Hall–Kier alpha value is -1.03. The van der Waals surface area contributed by atoms with Gasteiger partial charge >= 0.3 is 0 Å². The first kappa shape index (κ1) is 14.0. The quantitative estimate of drug-likeness (QED) is 0.796. The molecule has 0 saturated carbocycles. The molecule has 0 aromatic heterocycles. The molecule has 0 fully saturated rings. The Bertz CT molecular complexity index is 449. The molecule has 0 saturated heterocycles. The number of unbranched alkanes of at least 4 members (excludes halogenated alkanes) is 1. The van der Waals surface area contributed by atoms with E-state index in [0.29, 0.717) is 12.3 Å². The van der Waals surface area contributed by atoms with Gasteiger partial charge in [-0.3, -0.25) is 0 Å². The molecule has 0 aliphatic carbocycles. The predicted molar refractivity (Wildman–Crippen MR) is 68.8 cm³/mol. The van der Waals surface area contributed by atoms with Gasteiger partial charge in [-0.15, -0.1) is 0 Å². The fourth-order valence-electron chi connectivity index (χ4n) is 1.64. The Balaban J connectivity index is 2.57. The van der Waals surface area contributed by atoms with Gasteiger partial charge in [0.1, 0.15) is 5.75 Å². The van der Waals surface area contributed by atoms with Crippen LogP contribution in [0.2, 0.25) is 0 Å². The first-order valence-corrected chi connectivity index (χ1v) is 7.59. The molecule has 3 nitrogen and oxygen atoms in total. The minimum absolute atomic E-state index is 0.00624. The van der Waals surface area contributed by atoms with Crippen LogP contribution in [0.5, 0.6) is 5.75 Å². The topological polar surface area (TPSA) is 54.4 Å². The van der Waals surface area contributed by atoms with Crippen LogP contribution in [0.4, 0.5) is 0 Å². The molecule has 4 heteroatoms. The van der Waals surface area contributed by atoms with Gasteiger partial charge in [0.2, 0.25) is 0 Å². The van der Waals surface area contributed by atoms with Crippen LogP contribution in [-0.4, -0.2) is 19.3 Å². The molecule has 1 aromatic rings. The Morgan fingerprint density at radius 3 is 2.53 bits per heavy atom. The van der Waals surface area contributed by atoms with E-state index in [1.165, 1.54) is 18.2 Å². The van der Waals surface area contributed by atoms with Crippen molar-refractivity contribution in [1.29, 1.82) is 0 Å². The van der Waals surface area contributed by atoms with Crippen LogP contribution in [0.1, 0.15) is 33.1 Å². The number of rotatable bonds is 6. The molecule has 1 aromatic carbocycles. The molecular weight excluding hydrogens is 236 g/mol. The fourth-order valence-corrected chi connectivity index (χ4v) is 3.05. The Morgan fingerprint density at radius 2 is 1.94 bits per heavy atom. The molecule has 0 unspecified atom stereocenters. The lowest BCUT2D eigenvalue weighted by atomic mass is 10.1. The molecule has 0 bridgehead atoms. The molecule has 0 spiro atoms. The van der Waals surface area contributed by atoms with Crippen molar-refractivity contribution >= 4 is 9.84 Å². The van der Waals surface area contributed by atoms with Gasteiger partial charge in [0.05, 0.1) is 10.6 Å². The highest BCUT2D eigenvalue weighted by Crippen LogP contribution is 2.18. The molecule has 0 atom stereocenters. The van der Waals surface area contributed by atoms with Crippen LogP contribution in [0.25, 0.3) is 0 Å². The largest absolute Gasteiger partial charge is 0.508 e. The monoisotopic (exact) mass is 256 g/mol. The van der Waals surface area contributed by atoms with Crippen LogP contribution in [0, 0.1) is 5.92 Å². The lowest BCUT2D eigenvalue weighted by Crippen LogP contribution is -2.07. The molecule has 96 valence electrons. The summed E-state index contributed by atoms with van der Waals surface area (Å²) in [7, 11) is -3.24. The summed E-state index contributed by atoms with van der Waals surface area (Å²) in [6.07, 6.45) is 2.65. The smallest absolute Gasteiger partial charge is 0.178 e. The van der Waals surface area contributed by atoms with Crippen LogP contribution in [0.3, 0.4) is 0 Å². The van der Waals surface area contributed by atoms with Gasteiger partial charge in [-0.1, -0.05) is 32.8 Å². The van der Waals surface area contributed by atoms with E-state index < -0.39 is 9.84 Å². The summed E-state index contributed by atoms with van der Waals surface area (Å²) in [5, 5.41) is 9.26. The van der Waals surface area contributed by atoms with Crippen LogP contribution in [0.15, 0.2) is 29.2 Å². The summed E-state index contributed by atoms with van der Waals surface area (Å²) in [6.45, 7) is 4.26. The minimum atomic E-state index is -3.24. The van der Waals surface area contributed by atoms with E-state index >= 15 is 0 Å². The highest BCUT2D eigenvalue weighted by Gasteiger charge is 2.14. The zero-order valence-electron chi connectivity index (χ0n) is 10.4. The van der Waals surface area contributed by atoms with Gasteiger partial charge in [-0.05, 0) is 30.5 Å². The van der Waals surface area contributed by atoms with Gasteiger partial charge in [-0.25, -0.2) is 8.42 Å². The second-order valence-electron chi connectivity index (χ2n) is 4.71. The van der Waals surface area contributed by atoms with Crippen molar-refractivity contribution in [3.63, 3.8) is 0 Å². The highest BCUT2D eigenvalue weighted by atomic mass is 32.2. The Labute approximate surface area is 103 Å². The molecule has 0 aliphatic heterocycles. The predicted octanol–water partition coefficient (Wildman–Crippen LogP) is 2.99. The maximum absolute atomic E-state index is 11.9. The summed E-state index contributed by atoms with van der Waals surface area (Å²) >= 11 is 0. The number of hydrogen-bond acceptors (Lipinski definition) is 3. The number of benzene rings is 1. The minimum Gasteiger partial charge on any atom is -0.508 e. The van der Waals surface area contributed by atoms with Gasteiger partial charge in [0.15, 0.2) is 9.84 Å². The van der Waals surface area contributed by atoms with E-state index in [-0.39, 0.29) is 16.4 Å². The standard InChI is InChI=1S/C13H20O3S/c1-11(2)6-3-4-9-17(15,16)13-8-5-7-12(14)10-13/h5,7-8,10-11,14H,3-4,6,9H2,1-2H3. The second kappa shape index (κ2) is 6.05. The summed E-state index contributed by atoms with van der Waals surface area (Å²) < 4.78 is 23.8. The third-order valence-corrected chi connectivity index (χ3v) is 4.42. The van der Waals surface area contributed by atoms with E-state index in [1.807, 2.05) is 0 Å². The zero-order valence-corrected chi connectivity index (χ0v) is 11.2. The van der Waals surface area contributed by atoms with Crippen molar-refractivity contribution in [3.8, 4) is 5.75 Å². The number of aromatic hydroxyl groups is 1. The fraction of sp³-hybridized carbons (Fsp3) is 0.538. The third-order valence-electron chi connectivity index (χ3n) is 2.62. The Morgan fingerprint density at radius 1 is 1.24 bits per heavy atom. The van der Waals surface area contributed by atoms with Crippen LogP contribution >= 0.6 is 0 Å². The summed E-state index contributed by atoms with van der Waals surface area (Å²) in [6, 6.07) is 5.85. The van der Waals surface area contributed by atoms with E-state index in [1.54, 1.807) is 6.07 Å². The maximum Gasteiger partial charge on any atom is 0.178 e. The first-order chi connectivity index (χ1) is 7.92. The van der Waals surface area contributed by atoms with Crippen molar-refractivity contribution in [2.24, 2.45) is 5.92 Å². The average Bonchev–Trinajstić information content (AvgIpc) is 2.24. The van der Waals surface area contributed by atoms with Crippen LogP contribution < -0.4 is 0 Å². The van der Waals surface area contributed by atoms with E-state index in [0.717, 1.165) is 12.8 Å². The van der Waals surface area contributed by atoms with Gasteiger partial charge < -0.3 is 5.11 Å². The van der Waals surface area contributed by atoms with Crippen LogP contribution in [-0.2, 0) is 9.84 Å². The first-order valence-electron chi connectivity index (χ1n) is 5.93. The van der Waals surface area contributed by atoms with E-state index in [4.69, 9.17) is 0 Å². The normalized spacial score (nSPS) is 11.9. The van der Waals surface area contributed by atoms with Crippen molar-refractivity contribution in [1.82, 2.24) is 0 Å². The molecule has 17 heavy (non-hydrogen) atoms. The van der Waals surface area contributed by atoms with Crippen molar-refractivity contribution in [3.05, 3.63) is 24.3 Å². The molecule has 1 N–H and O–H groups in total. The van der Waals surface area contributed by atoms with Crippen molar-refractivity contribution < 1.29 is 13.5 Å². The second-order valence-corrected chi connectivity index (χ2v) is 6.82. The van der Waals surface area contributed by atoms with Gasteiger partial charge in [0.25, 0.3) is 0 Å². The Kier molecular flexibility index (Phi) is 5.00. The van der Waals surface area contributed by atoms with Crippen molar-refractivity contribution in [2.45, 2.75) is 38.0 Å². The number of phenolic OH excluding ortho intramolecular Hbond substituents is 1. The lowest BCUT2D eigenvalue weighted by Gasteiger charge is -2.06. The SMILES string of the molecule is CC(C)CCCCS(=O)(=O)c1cccc(O)c1. The number of sulfone groups is 1. The summed E-state index contributed by atoms with van der Waals surface area (Å²) in [5.41, 5.74) is 0. The summed E-state index contributed by atoms with van der Waals surface area (Å²) in [4.78, 5) is 0.210. The molecule has 1 rings (SSSR count). The molecule has 0 heterocycles. The van der Waals surface area contributed by atoms with Gasteiger partial charge in [0, 0.05) is 0 Å². The lowest BCUT2D eigenvalue weighted by molar-refractivity contribution is 0.473. The number of phenols is 1. The van der Waals surface area contributed by atoms with E-state index in [9.17, 15) is 13.5 Å². The molecular formula is C13H20O3S. The average molecular weight is 256 g/mol. The maximum atomic E-state index is 11.9. The van der Waals surface area contributed by atoms with Crippen molar-refractivity contribution in [2.75, 3.05) is 5.75 Å². The zero-order chi connectivity index (χ0) is 12.9. The molecule has 0 amide bonds.